The summed E-state index contributed by atoms with van der Waals surface area (Å²) >= 11 is 0. The van der Waals surface area contributed by atoms with E-state index in [1.165, 1.54) is 14.0 Å². The summed E-state index contributed by atoms with van der Waals surface area (Å²) in [5.41, 5.74) is 3.98. The Morgan fingerprint density at radius 2 is 1.82 bits per heavy atom. The third-order valence-corrected chi connectivity index (χ3v) is 7.16. The van der Waals surface area contributed by atoms with Gasteiger partial charge in [-0.15, -0.1) is 0 Å². The molecule has 9 heteroatoms. The minimum absolute atomic E-state index is 0.00343. The van der Waals surface area contributed by atoms with Gasteiger partial charge in [0.2, 0.25) is 5.91 Å². The molecule has 0 radical (unpaired) electrons. The first-order valence-electron chi connectivity index (χ1n) is 13.6. The molecule has 1 aliphatic heterocycles. The van der Waals surface area contributed by atoms with Gasteiger partial charge in [-0.2, -0.15) is 0 Å². The number of nitrogens with zero attached hydrogens (tertiary/aromatic N) is 2. The molecular formula is C31H39N3O6. The normalized spacial score (nSPS) is 16.0. The van der Waals surface area contributed by atoms with Gasteiger partial charge in [0.25, 0.3) is 0 Å². The highest BCUT2D eigenvalue weighted by Crippen LogP contribution is 2.40. The topological polar surface area (TPSA) is 99.1 Å². The van der Waals surface area contributed by atoms with Crippen molar-refractivity contribution in [2.24, 2.45) is 0 Å². The Balaban J connectivity index is 1.77. The molecule has 214 valence electrons. The molecule has 2 aromatic carbocycles. The number of aryl methyl sites for hydroxylation is 1. The lowest BCUT2D eigenvalue weighted by atomic mass is 9.92. The minimum atomic E-state index is -0.618. The Labute approximate surface area is 235 Å². The standard InChI is InChI=1S/C31H39N3O6/c1-19-16-27(38-6)24(22-13-15-34(28(19)22)30(37)40-31(3,4)5)18-33-14-9-8-10-26(33)23-12-11-21(29(36)39-7)17-25(23)32-20(2)35/h11-13,15-17,26H,8-10,14,18H2,1-7H3,(H,32,35)/t26-/m1/s1. The average molecular weight is 550 g/mol. The Kier molecular flexibility index (Phi) is 8.54. The molecule has 1 atom stereocenters. The van der Waals surface area contributed by atoms with E-state index in [4.69, 9.17) is 14.2 Å². The number of hydrogen-bond acceptors (Lipinski definition) is 7. The summed E-state index contributed by atoms with van der Waals surface area (Å²) < 4.78 is 18.0. The van der Waals surface area contributed by atoms with Crippen LogP contribution in [-0.2, 0) is 20.8 Å². The Hall–Kier alpha value is -3.85. The number of carbonyl (C=O) groups is 3. The molecule has 0 aliphatic carbocycles. The number of aromatic nitrogens is 1. The van der Waals surface area contributed by atoms with Crippen molar-refractivity contribution in [1.82, 2.24) is 9.47 Å². The van der Waals surface area contributed by atoms with Gasteiger partial charge in [-0.05, 0) is 82.5 Å². The van der Waals surface area contributed by atoms with Gasteiger partial charge in [-0.3, -0.25) is 14.3 Å². The molecule has 1 aliphatic rings. The molecular weight excluding hydrogens is 510 g/mol. The van der Waals surface area contributed by atoms with Crippen LogP contribution >= 0.6 is 0 Å². The largest absolute Gasteiger partial charge is 0.496 e. The maximum Gasteiger partial charge on any atom is 0.419 e. The Morgan fingerprint density at radius 3 is 2.48 bits per heavy atom. The van der Waals surface area contributed by atoms with Crippen LogP contribution in [0.1, 0.15) is 80.0 Å². The molecule has 1 saturated heterocycles. The number of carbonyl (C=O) groups excluding carboxylic acids is 3. The van der Waals surface area contributed by atoms with E-state index in [1.54, 1.807) is 30.0 Å². The van der Waals surface area contributed by atoms with E-state index < -0.39 is 17.7 Å². The summed E-state index contributed by atoms with van der Waals surface area (Å²) in [6, 6.07) is 9.23. The quantitative estimate of drug-likeness (QED) is 0.365. The summed E-state index contributed by atoms with van der Waals surface area (Å²) in [4.78, 5) is 39.7. The summed E-state index contributed by atoms with van der Waals surface area (Å²) in [6.45, 7) is 10.4. The van der Waals surface area contributed by atoms with Gasteiger partial charge in [0.05, 0.1) is 25.3 Å². The molecule has 0 unspecified atom stereocenters. The van der Waals surface area contributed by atoms with Gasteiger partial charge in [0.1, 0.15) is 11.4 Å². The highest BCUT2D eigenvalue weighted by molar-refractivity contribution is 5.96. The number of nitrogens with one attached hydrogen (secondary N) is 1. The van der Waals surface area contributed by atoms with E-state index in [0.29, 0.717) is 17.8 Å². The monoisotopic (exact) mass is 549 g/mol. The zero-order valence-electron chi connectivity index (χ0n) is 24.4. The third kappa shape index (κ3) is 6.14. The molecule has 2 heterocycles. The van der Waals surface area contributed by atoms with E-state index in [2.05, 4.69) is 10.2 Å². The molecule has 0 bridgehead atoms. The summed E-state index contributed by atoms with van der Waals surface area (Å²) in [5.74, 6) is 0.0790. The van der Waals surface area contributed by atoms with E-state index in [-0.39, 0.29) is 11.9 Å². The van der Waals surface area contributed by atoms with Crippen LogP contribution in [0.5, 0.6) is 5.75 Å². The SMILES string of the molecule is COC(=O)c1ccc([C@H]2CCCCN2Cc2c(OC)cc(C)c3c2ccn3C(=O)OC(C)(C)C)c(NC(C)=O)c1. The number of rotatable bonds is 6. The van der Waals surface area contributed by atoms with Gasteiger partial charge in [0.15, 0.2) is 0 Å². The van der Waals surface area contributed by atoms with E-state index in [1.807, 2.05) is 45.9 Å². The lowest BCUT2D eigenvalue weighted by molar-refractivity contribution is -0.114. The van der Waals surface area contributed by atoms with E-state index in [0.717, 1.165) is 59.2 Å². The van der Waals surface area contributed by atoms with Crippen LogP contribution in [0.3, 0.4) is 0 Å². The number of hydrogen-bond donors (Lipinski definition) is 1. The molecule has 3 aromatic rings. The number of likely N-dealkylation sites (tertiary alicyclic amines) is 1. The number of ether oxygens (including phenoxy) is 3. The van der Waals surface area contributed by atoms with Crippen molar-refractivity contribution >= 4 is 34.6 Å². The fraction of sp³-hybridized carbons (Fsp3) is 0.452. The molecule has 1 N–H and O–H groups in total. The molecule has 9 nitrogen and oxygen atoms in total. The van der Waals surface area contributed by atoms with Crippen molar-refractivity contribution in [1.29, 1.82) is 0 Å². The van der Waals surface area contributed by atoms with Gasteiger partial charge < -0.3 is 19.5 Å². The highest BCUT2D eigenvalue weighted by Gasteiger charge is 2.29. The van der Waals surface area contributed by atoms with Crippen LogP contribution < -0.4 is 10.1 Å². The van der Waals surface area contributed by atoms with Crippen LogP contribution in [0.4, 0.5) is 10.5 Å². The summed E-state index contributed by atoms with van der Waals surface area (Å²) in [7, 11) is 2.99. The van der Waals surface area contributed by atoms with Gasteiger partial charge >= 0.3 is 12.1 Å². The van der Waals surface area contributed by atoms with Crippen LogP contribution in [0.15, 0.2) is 36.5 Å². The number of piperidine rings is 1. The molecule has 1 amide bonds. The first-order chi connectivity index (χ1) is 18.9. The zero-order valence-corrected chi connectivity index (χ0v) is 24.4. The van der Waals surface area contributed by atoms with Crippen LogP contribution in [0.2, 0.25) is 0 Å². The van der Waals surface area contributed by atoms with Crippen molar-refractivity contribution in [2.75, 3.05) is 26.1 Å². The highest BCUT2D eigenvalue weighted by atomic mass is 16.6. The lowest BCUT2D eigenvalue weighted by Gasteiger charge is -2.37. The van der Waals surface area contributed by atoms with Gasteiger partial charge in [0, 0.05) is 42.3 Å². The molecule has 0 spiro atoms. The van der Waals surface area contributed by atoms with Crippen LogP contribution in [0, 0.1) is 6.92 Å². The number of anilines is 1. The maximum absolute atomic E-state index is 13.0. The van der Waals surface area contributed by atoms with Crippen molar-refractivity contribution in [3.63, 3.8) is 0 Å². The second-order valence-electron chi connectivity index (χ2n) is 11.3. The Morgan fingerprint density at radius 1 is 1.07 bits per heavy atom. The van der Waals surface area contributed by atoms with Crippen molar-refractivity contribution in [3.8, 4) is 5.75 Å². The fourth-order valence-electron chi connectivity index (χ4n) is 5.50. The van der Waals surface area contributed by atoms with Gasteiger partial charge in [-0.25, -0.2) is 9.59 Å². The van der Waals surface area contributed by atoms with E-state index >= 15 is 0 Å². The molecule has 40 heavy (non-hydrogen) atoms. The second-order valence-corrected chi connectivity index (χ2v) is 11.3. The van der Waals surface area contributed by atoms with Crippen LogP contribution in [-0.4, -0.2) is 53.8 Å². The van der Waals surface area contributed by atoms with Crippen LogP contribution in [0.25, 0.3) is 10.9 Å². The predicted octanol–water partition coefficient (Wildman–Crippen LogP) is 6.21. The average Bonchev–Trinajstić information content (AvgIpc) is 3.35. The predicted molar refractivity (Wildman–Crippen MR) is 154 cm³/mol. The molecule has 0 saturated carbocycles. The third-order valence-electron chi connectivity index (χ3n) is 7.16. The number of esters is 1. The smallest absolute Gasteiger partial charge is 0.419 e. The first kappa shape index (κ1) is 29.1. The number of methoxy groups -OCH3 is 2. The molecule has 4 rings (SSSR count). The molecule has 1 fully saturated rings. The number of fused-ring (bicyclic) bond motifs is 1. The lowest BCUT2D eigenvalue weighted by Crippen LogP contribution is -2.33. The minimum Gasteiger partial charge on any atom is -0.496 e. The zero-order chi connectivity index (χ0) is 29.2. The summed E-state index contributed by atoms with van der Waals surface area (Å²) in [5, 5.41) is 3.84. The second kappa shape index (κ2) is 11.7. The van der Waals surface area contributed by atoms with Gasteiger partial charge in [-0.1, -0.05) is 12.5 Å². The van der Waals surface area contributed by atoms with Crippen molar-refractivity contribution < 1.29 is 28.6 Å². The Bertz CT molecular complexity index is 1440. The van der Waals surface area contributed by atoms with Crippen molar-refractivity contribution in [2.45, 2.75) is 72.1 Å². The molecule has 1 aromatic heterocycles. The van der Waals surface area contributed by atoms with E-state index in [9.17, 15) is 14.4 Å². The van der Waals surface area contributed by atoms with Crippen molar-refractivity contribution in [3.05, 3.63) is 58.8 Å². The summed E-state index contributed by atoms with van der Waals surface area (Å²) in [6.07, 6.45) is 4.28. The fourth-order valence-corrected chi connectivity index (χ4v) is 5.50. The number of benzene rings is 2. The maximum atomic E-state index is 13.0. The number of amides is 1. The first-order valence-corrected chi connectivity index (χ1v) is 13.6.